The number of anilines is 1. The molecule has 2 fully saturated rings. The minimum Gasteiger partial charge on any atom is -0.506 e. The summed E-state index contributed by atoms with van der Waals surface area (Å²) in [6.45, 7) is 1.94. The number of pyridine rings is 2. The Balaban J connectivity index is 1.08. The van der Waals surface area contributed by atoms with Crippen molar-refractivity contribution in [2.75, 3.05) is 44.2 Å². The molecule has 12 nitrogen and oxygen atoms in total. The number of amides is 2. The van der Waals surface area contributed by atoms with Gasteiger partial charge in [0.15, 0.2) is 6.10 Å². The molecule has 3 aromatic heterocycles. The predicted octanol–water partition coefficient (Wildman–Crippen LogP) is 5.38. The number of phenols is 1. The minimum absolute atomic E-state index is 0.0368. The highest BCUT2D eigenvalue weighted by molar-refractivity contribution is 6.32. The largest absolute Gasteiger partial charge is 0.506 e. The molecule has 0 saturated carbocycles. The normalized spacial score (nSPS) is 16.5. The highest BCUT2D eigenvalue weighted by atomic mass is 35.5. The van der Waals surface area contributed by atoms with Gasteiger partial charge in [-0.2, -0.15) is 13.2 Å². The van der Waals surface area contributed by atoms with E-state index in [1.165, 1.54) is 9.80 Å². The van der Waals surface area contributed by atoms with Crippen molar-refractivity contribution in [3.8, 4) is 5.75 Å². The van der Waals surface area contributed by atoms with E-state index in [1.54, 1.807) is 23.2 Å². The first kappa shape index (κ1) is 34.2. The minimum atomic E-state index is -4.91. The maximum Gasteiger partial charge on any atom is 0.420 e. The Kier molecular flexibility index (Phi) is 9.23. The van der Waals surface area contributed by atoms with E-state index in [-0.39, 0.29) is 43.5 Å². The van der Waals surface area contributed by atoms with Crippen LogP contribution in [0.4, 0.5) is 23.7 Å². The number of piperidine rings is 1. The van der Waals surface area contributed by atoms with Gasteiger partial charge in [0, 0.05) is 75.2 Å². The zero-order valence-electron chi connectivity index (χ0n) is 27.1. The summed E-state index contributed by atoms with van der Waals surface area (Å²) >= 11 is 5.97. The van der Waals surface area contributed by atoms with Crippen LogP contribution >= 0.6 is 11.6 Å². The number of carbonyl (C=O) groups is 2. The summed E-state index contributed by atoms with van der Waals surface area (Å²) in [5, 5.41) is 10.3. The van der Waals surface area contributed by atoms with E-state index in [4.69, 9.17) is 16.3 Å². The Morgan fingerprint density at radius 2 is 1.71 bits per heavy atom. The molecule has 16 heteroatoms. The second-order valence-electron chi connectivity index (χ2n) is 12.6. The molecule has 2 aliphatic rings. The zero-order chi connectivity index (χ0) is 35.9. The number of aromatic nitrogens is 4. The maximum absolute atomic E-state index is 13.9. The highest BCUT2D eigenvalue weighted by Gasteiger charge is 2.38. The van der Waals surface area contributed by atoms with Crippen molar-refractivity contribution in [3.63, 3.8) is 0 Å². The first-order valence-electron chi connectivity index (χ1n) is 16.4. The van der Waals surface area contributed by atoms with Crippen molar-refractivity contribution in [2.45, 2.75) is 37.6 Å². The van der Waals surface area contributed by atoms with Crippen LogP contribution in [-0.4, -0.2) is 91.8 Å². The monoisotopic (exact) mass is 723 g/mol. The molecule has 2 aromatic carbocycles. The number of rotatable bonds is 6. The van der Waals surface area contributed by atoms with Gasteiger partial charge in [0.1, 0.15) is 5.75 Å². The number of para-hydroxylation sites is 1. The summed E-state index contributed by atoms with van der Waals surface area (Å²) in [6.07, 6.45) is -1.78. The number of ether oxygens (including phenoxy) is 1. The van der Waals surface area contributed by atoms with Gasteiger partial charge in [0.05, 0.1) is 33.3 Å². The van der Waals surface area contributed by atoms with Crippen LogP contribution in [0.2, 0.25) is 5.02 Å². The SMILES string of the molecule is O=C(O[C@H](Cc1cc(Cl)c(O)c(C(F)(F)F)c1)C(=O)N1CCN(c2ccncc2)CC1)N1CCC(n2c(=O)[nH]c3c4ccccc4ncc32)CC1. The van der Waals surface area contributed by atoms with Crippen molar-refractivity contribution < 1.29 is 32.6 Å². The number of fused-ring (bicyclic) bond motifs is 3. The number of H-pyrrole nitrogens is 1. The Morgan fingerprint density at radius 1 is 1.00 bits per heavy atom. The van der Waals surface area contributed by atoms with Gasteiger partial charge in [-0.15, -0.1) is 0 Å². The van der Waals surface area contributed by atoms with Crippen LogP contribution in [0, 0.1) is 0 Å². The van der Waals surface area contributed by atoms with Gasteiger partial charge in [-0.1, -0.05) is 29.8 Å². The fourth-order valence-electron chi connectivity index (χ4n) is 6.91. The summed E-state index contributed by atoms with van der Waals surface area (Å²) in [7, 11) is 0. The summed E-state index contributed by atoms with van der Waals surface area (Å²) in [5.74, 6) is -1.68. The number of aromatic amines is 1. The Morgan fingerprint density at radius 3 is 2.41 bits per heavy atom. The number of hydrogen-bond acceptors (Lipinski definition) is 8. The van der Waals surface area contributed by atoms with Crippen LogP contribution in [0.15, 0.2) is 71.9 Å². The molecule has 2 aliphatic heterocycles. The van der Waals surface area contributed by atoms with Crippen LogP contribution in [-0.2, 0) is 22.1 Å². The Hall–Kier alpha value is -5.31. The van der Waals surface area contributed by atoms with Gasteiger partial charge in [0.2, 0.25) is 0 Å². The van der Waals surface area contributed by atoms with Gasteiger partial charge in [0.25, 0.3) is 5.91 Å². The number of aromatic hydroxyl groups is 1. The van der Waals surface area contributed by atoms with Gasteiger partial charge >= 0.3 is 18.0 Å². The van der Waals surface area contributed by atoms with Crippen LogP contribution in [0.3, 0.4) is 0 Å². The lowest BCUT2D eigenvalue weighted by Gasteiger charge is -2.38. The topological polar surface area (TPSA) is 137 Å². The van der Waals surface area contributed by atoms with Crippen molar-refractivity contribution >= 4 is 51.2 Å². The molecule has 1 atom stereocenters. The third-order valence-corrected chi connectivity index (χ3v) is 9.83. The average molecular weight is 724 g/mol. The molecule has 0 bridgehead atoms. The molecule has 2 N–H and O–H groups in total. The van der Waals surface area contributed by atoms with Gasteiger partial charge in [-0.25, -0.2) is 9.59 Å². The number of imidazole rings is 1. The number of nitrogens with one attached hydrogen (secondary N) is 1. The quantitative estimate of drug-likeness (QED) is 0.238. The fourth-order valence-corrected chi connectivity index (χ4v) is 7.15. The molecule has 2 saturated heterocycles. The van der Waals surface area contributed by atoms with Crippen LogP contribution in [0.25, 0.3) is 21.9 Å². The van der Waals surface area contributed by atoms with Crippen LogP contribution < -0.4 is 10.6 Å². The van der Waals surface area contributed by atoms with Crippen LogP contribution in [0.1, 0.15) is 30.0 Å². The van der Waals surface area contributed by atoms with E-state index in [2.05, 4.69) is 19.9 Å². The number of carbonyl (C=O) groups excluding carboxylic acids is 2. The first-order valence-corrected chi connectivity index (χ1v) is 16.8. The molecule has 0 spiro atoms. The third-order valence-electron chi connectivity index (χ3n) is 9.54. The number of piperazine rings is 1. The van der Waals surface area contributed by atoms with E-state index in [0.29, 0.717) is 43.0 Å². The van der Waals surface area contributed by atoms with Crippen LogP contribution in [0.5, 0.6) is 5.75 Å². The molecular weight excluding hydrogens is 691 g/mol. The van der Waals surface area contributed by atoms with Crippen molar-refractivity contribution in [2.24, 2.45) is 0 Å². The number of nitrogens with zero attached hydrogens (tertiary/aromatic N) is 6. The van der Waals surface area contributed by atoms with E-state index in [1.807, 2.05) is 36.4 Å². The molecule has 0 aliphatic carbocycles. The number of phenolic OH excluding ortho intramolecular Hbond substituents is 1. The number of hydrogen-bond donors (Lipinski definition) is 2. The number of likely N-dealkylation sites (tertiary alicyclic amines) is 1. The lowest BCUT2D eigenvalue weighted by atomic mass is 10.0. The average Bonchev–Trinajstić information content (AvgIpc) is 3.48. The number of halogens is 4. The molecule has 5 aromatic rings. The first-order chi connectivity index (χ1) is 24.5. The molecule has 2 amide bonds. The Labute approximate surface area is 294 Å². The summed E-state index contributed by atoms with van der Waals surface area (Å²) in [6, 6.07) is 12.8. The molecule has 51 heavy (non-hydrogen) atoms. The lowest BCUT2D eigenvalue weighted by Crippen LogP contribution is -2.53. The van der Waals surface area contributed by atoms with E-state index < -0.39 is 47.0 Å². The van der Waals surface area contributed by atoms with Gasteiger partial charge in [-0.05, 0) is 48.7 Å². The highest BCUT2D eigenvalue weighted by Crippen LogP contribution is 2.40. The standard InChI is InChI=1S/C35H33ClF3N7O5/c36-26-18-21(17-25(31(26)47)35(37,38)39)19-29(32(48)44-15-13-43(14-16-44)22-5-9-40-10-6-22)51-34(50)45-11-7-23(8-12-45)46-28-20-41-27-4-2-1-3-24(27)30(28)42-33(46)49/h1-6,9-10,17-18,20,23,29,47H,7-8,11-16,19H2,(H,42,49)/t29-/m1/s1. The number of alkyl halides is 3. The van der Waals surface area contributed by atoms with E-state index in [9.17, 15) is 32.7 Å². The lowest BCUT2D eigenvalue weighted by molar-refractivity contribution is -0.141. The smallest absolute Gasteiger partial charge is 0.420 e. The molecule has 5 heterocycles. The predicted molar refractivity (Wildman–Crippen MR) is 183 cm³/mol. The summed E-state index contributed by atoms with van der Waals surface area (Å²) in [5.41, 5.74) is 1.33. The molecule has 266 valence electrons. The van der Waals surface area contributed by atoms with Crippen molar-refractivity contribution in [1.29, 1.82) is 0 Å². The van der Waals surface area contributed by atoms with E-state index >= 15 is 0 Å². The van der Waals surface area contributed by atoms with Gasteiger partial charge < -0.3 is 29.5 Å². The van der Waals surface area contributed by atoms with Crippen molar-refractivity contribution in [3.05, 3.63) is 93.8 Å². The molecule has 0 radical (unpaired) electrons. The summed E-state index contributed by atoms with van der Waals surface area (Å²) in [4.78, 5) is 57.1. The summed E-state index contributed by atoms with van der Waals surface area (Å²) < 4.78 is 48.6. The van der Waals surface area contributed by atoms with Crippen molar-refractivity contribution in [1.82, 2.24) is 29.3 Å². The Bertz CT molecular complexity index is 2140. The number of benzene rings is 2. The van der Waals surface area contributed by atoms with Gasteiger partial charge in [-0.3, -0.25) is 19.3 Å². The third kappa shape index (κ3) is 6.89. The second kappa shape index (κ2) is 13.8. The molecule has 0 unspecified atom stereocenters. The second-order valence-corrected chi connectivity index (χ2v) is 13.0. The maximum atomic E-state index is 13.9. The zero-order valence-corrected chi connectivity index (χ0v) is 27.9. The van der Waals surface area contributed by atoms with E-state index in [0.717, 1.165) is 22.7 Å². The molecule has 7 rings (SSSR count). The molecular formula is C35H33ClF3N7O5. The fraction of sp³-hybridized carbons (Fsp3) is 0.343.